The number of hydrogen-bond donors (Lipinski definition) is 2. The van der Waals surface area contributed by atoms with Gasteiger partial charge in [-0.1, -0.05) is 13.8 Å². The molecule has 2 N–H and O–H groups in total. The number of carbonyl (C=O) groups is 1. The molecule has 1 atom stereocenters. The van der Waals surface area contributed by atoms with E-state index in [1.165, 1.54) is 6.07 Å². The van der Waals surface area contributed by atoms with Gasteiger partial charge in [0.05, 0.1) is 0 Å². The summed E-state index contributed by atoms with van der Waals surface area (Å²) in [6.45, 7) is 5.82. The van der Waals surface area contributed by atoms with Crippen LogP contribution in [0.5, 0.6) is 0 Å². The Bertz CT molecular complexity index is 407. The van der Waals surface area contributed by atoms with Crippen molar-refractivity contribution in [2.75, 3.05) is 5.32 Å². The topological polar surface area (TPSA) is 41.1 Å². The molecule has 2 amide bonds. The highest BCUT2D eigenvalue weighted by Gasteiger charge is 2.11. The molecule has 1 unspecified atom stereocenters. The maximum Gasteiger partial charge on any atom is 0.319 e. The zero-order valence-electron chi connectivity index (χ0n) is 10.1. The van der Waals surface area contributed by atoms with Crippen LogP contribution in [0.4, 0.5) is 19.3 Å². The monoisotopic (exact) mass is 242 g/mol. The predicted octanol–water partition coefficient (Wildman–Crippen LogP) is 3.13. The fraction of sp³-hybridized carbons (Fsp3) is 0.417. The fourth-order valence-corrected chi connectivity index (χ4v) is 1.11. The quantitative estimate of drug-likeness (QED) is 0.840. The molecule has 17 heavy (non-hydrogen) atoms. The lowest BCUT2D eigenvalue weighted by molar-refractivity contribution is 0.246. The van der Waals surface area contributed by atoms with E-state index in [-0.39, 0.29) is 11.7 Å². The van der Waals surface area contributed by atoms with Gasteiger partial charge in [0.25, 0.3) is 0 Å². The zero-order valence-corrected chi connectivity index (χ0v) is 10.1. The first-order valence-corrected chi connectivity index (χ1v) is 5.42. The van der Waals surface area contributed by atoms with Crippen LogP contribution in [0.3, 0.4) is 0 Å². The lowest BCUT2D eigenvalue weighted by Gasteiger charge is -2.17. The van der Waals surface area contributed by atoms with Crippen LogP contribution in [0, 0.1) is 17.6 Å². The van der Waals surface area contributed by atoms with Gasteiger partial charge in [0.2, 0.25) is 0 Å². The van der Waals surface area contributed by atoms with E-state index in [9.17, 15) is 13.6 Å². The SMILES string of the molecule is CC(C)C(C)NC(=O)Nc1ccc(F)c(F)c1. The van der Waals surface area contributed by atoms with Gasteiger partial charge in [0, 0.05) is 17.8 Å². The third-order valence-corrected chi connectivity index (χ3v) is 2.54. The second-order valence-corrected chi connectivity index (χ2v) is 4.26. The van der Waals surface area contributed by atoms with Crippen LogP contribution in [-0.2, 0) is 0 Å². The minimum absolute atomic E-state index is 0.000273. The fourth-order valence-electron chi connectivity index (χ4n) is 1.11. The molecule has 1 rings (SSSR count). The number of nitrogens with one attached hydrogen (secondary N) is 2. The van der Waals surface area contributed by atoms with Gasteiger partial charge < -0.3 is 10.6 Å². The molecule has 0 saturated heterocycles. The Morgan fingerprint density at radius 3 is 2.35 bits per heavy atom. The molecular formula is C12H16F2N2O. The van der Waals surface area contributed by atoms with Crippen LogP contribution in [0.1, 0.15) is 20.8 Å². The Hall–Kier alpha value is -1.65. The van der Waals surface area contributed by atoms with Gasteiger partial charge in [0.15, 0.2) is 11.6 Å². The molecule has 0 bridgehead atoms. The molecule has 0 aliphatic carbocycles. The lowest BCUT2D eigenvalue weighted by atomic mass is 10.1. The molecule has 0 aliphatic heterocycles. The maximum absolute atomic E-state index is 12.9. The van der Waals surface area contributed by atoms with Crippen molar-refractivity contribution in [2.24, 2.45) is 5.92 Å². The van der Waals surface area contributed by atoms with Crippen LogP contribution in [0.25, 0.3) is 0 Å². The Morgan fingerprint density at radius 2 is 1.82 bits per heavy atom. The van der Waals surface area contributed by atoms with E-state index in [1.54, 1.807) is 0 Å². The Labute approximate surface area is 99.2 Å². The number of urea groups is 1. The minimum atomic E-state index is -0.986. The second-order valence-electron chi connectivity index (χ2n) is 4.26. The van der Waals surface area contributed by atoms with Crippen molar-refractivity contribution in [3.8, 4) is 0 Å². The van der Waals surface area contributed by atoms with E-state index < -0.39 is 17.7 Å². The Balaban J connectivity index is 2.59. The van der Waals surface area contributed by atoms with E-state index in [2.05, 4.69) is 10.6 Å². The smallest absolute Gasteiger partial charge is 0.319 e. The molecule has 0 spiro atoms. The van der Waals surface area contributed by atoms with E-state index in [1.807, 2.05) is 20.8 Å². The van der Waals surface area contributed by atoms with E-state index in [0.29, 0.717) is 5.92 Å². The summed E-state index contributed by atoms with van der Waals surface area (Å²) in [5.74, 6) is -1.63. The van der Waals surface area contributed by atoms with Crippen LogP contribution in [0.2, 0.25) is 0 Å². The Morgan fingerprint density at radius 1 is 1.18 bits per heavy atom. The van der Waals surface area contributed by atoms with Crippen LogP contribution in [-0.4, -0.2) is 12.1 Å². The minimum Gasteiger partial charge on any atom is -0.335 e. The third kappa shape index (κ3) is 4.01. The predicted molar refractivity (Wildman–Crippen MR) is 62.8 cm³/mol. The molecule has 0 fully saturated rings. The molecule has 5 heteroatoms. The van der Waals surface area contributed by atoms with Gasteiger partial charge in [0.1, 0.15) is 0 Å². The largest absolute Gasteiger partial charge is 0.335 e. The number of carbonyl (C=O) groups excluding carboxylic acids is 1. The number of benzene rings is 1. The normalized spacial score (nSPS) is 12.4. The van der Waals surface area contributed by atoms with Crippen molar-refractivity contribution in [1.82, 2.24) is 5.32 Å². The summed E-state index contributed by atoms with van der Waals surface area (Å²) in [6.07, 6.45) is 0. The molecule has 0 aliphatic rings. The van der Waals surface area contributed by atoms with E-state index in [4.69, 9.17) is 0 Å². The number of anilines is 1. The van der Waals surface area contributed by atoms with Crippen molar-refractivity contribution < 1.29 is 13.6 Å². The first kappa shape index (κ1) is 13.4. The maximum atomic E-state index is 12.9. The van der Waals surface area contributed by atoms with Crippen molar-refractivity contribution >= 4 is 11.7 Å². The molecule has 1 aromatic rings. The summed E-state index contributed by atoms with van der Waals surface area (Å²) in [5.41, 5.74) is 0.220. The van der Waals surface area contributed by atoms with Crippen molar-refractivity contribution in [1.29, 1.82) is 0 Å². The summed E-state index contributed by atoms with van der Waals surface area (Å²) >= 11 is 0. The van der Waals surface area contributed by atoms with Crippen LogP contribution in [0.15, 0.2) is 18.2 Å². The summed E-state index contributed by atoms with van der Waals surface area (Å²) in [4.78, 5) is 11.5. The van der Waals surface area contributed by atoms with Gasteiger partial charge in [-0.3, -0.25) is 0 Å². The number of rotatable bonds is 3. The average Bonchev–Trinajstić information content (AvgIpc) is 2.23. The summed E-state index contributed by atoms with van der Waals surface area (Å²) in [6, 6.07) is 2.78. The lowest BCUT2D eigenvalue weighted by Crippen LogP contribution is -2.39. The van der Waals surface area contributed by atoms with Gasteiger partial charge in [-0.15, -0.1) is 0 Å². The van der Waals surface area contributed by atoms with Gasteiger partial charge in [-0.05, 0) is 25.0 Å². The first-order chi connectivity index (χ1) is 7.90. The molecule has 0 heterocycles. The first-order valence-electron chi connectivity index (χ1n) is 5.42. The third-order valence-electron chi connectivity index (χ3n) is 2.54. The summed E-state index contributed by atoms with van der Waals surface area (Å²) < 4.78 is 25.5. The molecular weight excluding hydrogens is 226 g/mol. The Kier molecular flexibility index (Phi) is 4.43. The molecule has 3 nitrogen and oxygen atoms in total. The zero-order chi connectivity index (χ0) is 13.0. The van der Waals surface area contributed by atoms with E-state index >= 15 is 0 Å². The van der Waals surface area contributed by atoms with Crippen molar-refractivity contribution in [2.45, 2.75) is 26.8 Å². The van der Waals surface area contributed by atoms with Gasteiger partial charge >= 0.3 is 6.03 Å². The molecule has 1 aromatic carbocycles. The molecule has 0 saturated carbocycles. The summed E-state index contributed by atoms with van der Waals surface area (Å²) in [5, 5.41) is 5.13. The van der Waals surface area contributed by atoms with Crippen LogP contribution >= 0.6 is 0 Å². The number of hydrogen-bond acceptors (Lipinski definition) is 1. The summed E-state index contributed by atoms with van der Waals surface area (Å²) in [7, 11) is 0. The van der Waals surface area contributed by atoms with Crippen LogP contribution < -0.4 is 10.6 Å². The highest BCUT2D eigenvalue weighted by molar-refractivity contribution is 5.89. The highest BCUT2D eigenvalue weighted by atomic mass is 19.2. The number of halogens is 2. The molecule has 0 radical (unpaired) electrons. The van der Waals surface area contributed by atoms with E-state index in [0.717, 1.165) is 12.1 Å². The highest BCUT2D eigenvalue weighted by Crippen LogP contribution is 2.13. The standard InChI is InChI=1S/C12H16F2N2O/c1-7(2)8(3)15-12(17)16-9-4-5-10(13)11(14)6-9/h4-8H,1-3H3,(H2,15,16,17). The second kappa shape index (κ2) is 5.61. The van der Waals surface area contributed by atoms with Gasteiger partial charge in [-0.2, -0.15) is 0 Å². The van der Waals surface area contributed by atoms with Crippen molar-refractivity contribution in [3.63, 3.8) is 0 Å². The average molecular weight is 242 g/mol. The van der Waals surface area contributed by atoms with Crippen molar-refractivity contribution in [3.05, 3.63) is 29.8 Å². The molecule has 94 valence electrons. The van der Waals surface area contributed by atoms with Gasteiger partial charge in [-0.25, -0.2) is 13.6 Å². The molecule has 0 aromatic heterocycles. The number of amides is 2.